The lowest BCUT2D eigenvalue weighted by atomic mass is 9.77. The lowest BCUT2D eigenvalue weighted by Crippen LogP contribution is -2.35. The molecule has 1 fully saturated rings. The number of benzene rings is 1. The van der Waals surface area contributed by atoms with Crippen LogP contribution in [0.5, 0.6) is 0 Å². The summed E-state index contributed by atoms with van der Waals surface area (Å²) in [5.74, 6) is -1.06. The number of carbonyl (C=O) groups is 2. The SMILES string of the molecule is O=C(CC1(C(=O)O)CCCCCC1)Nc1ccc(Br)cc1. The smallest absolute Gasteiger partial charge is 0.310 e. The molecule has 4 nitrogen and oxygen atoms in total. The number of carbonyl (C=O) groups excluding carboxylic acids is 1. The van der Waals surface area contributed by atoms with E-state index in [2.05, 4.69) is 21.2 Å². The lowest BCUT2D eigenvalue weighted by Gasteiger charge is -2.27. The molecule has 1 aliphatic rings. The molecule has 1 amide bonds. The molecule has 1 aliphatic carbocycles. The highest BCUT2D eigenvalue weighted by Crippen LogP contribution is 2.38. The van der Waals surface area contributed by atoms with Crippen molar-refractivity contribution < 1.29 is 14.7 Å². The second kappa shape index (κ2) is 7.07. The minimum absolute atomic E-state index is 0.0540. The van der Waals surface area contributed by atoms with Crippen molar-refractivity contribution in [3.05, 3.63) is 28.7 Å². The predicted octanol–water partition coefficient (Wildman–Crippen LogP) is 4.20. The summed E-state index contributed by atoms with van der Waals surface area (Å²) in [4.78, 5) is 23.9. The Morgan fingerprint density at radius 1 is 1.10 bits per heavy atom. The highest BCUT2D eigenvalue weighted by molar-refractivity contribution is 9.10. The number of halogens is 1. The maximum Gasteiger partial charge on any atom is 0.310 e. The van der Waals surface area contributed by atoms with Gasteiger partial charge in [0.05, 0.1) is 5.41 Å². The number of carboxylic acid groups (broad SMARTS) is 1. The average molecular weight is 354 g/mol. The molecule has 0 saturated heterocycles. The number of amides is 1. The summed E-state index contributed by atoms with van der Waals surface area (Å²) >= 11 is 3.34. The van der Waals surface area contributed by atoms with Crippen LogP contribution in [0, 0.1) is 5.41 Å². The van der Waals surface area contributed by atoms with E-state index in [4.69, 9.17) is 0 Å². The molecule has 2 rings (SSSR count). The number of nitrogens with one attached hydrogen (secondary N) is 1. The minimum atomic E-state index is -0.893. The van der Waals surface area contributed by atoms with Crippen molar-refractivity contribution in [3.8, 4) is 0 Å². The zero-order valence-corrected chi connectivity index (χ0v) is 13.5. The van der Waals surface area contributed by atoms with Crippen molar-refractivity contribution in [2.75, 3.05) is 5.32 Å². The van der Waals surface area contributed by atoms with Gasteiger partial charge in [0, 0.05) is 16.6 Å². The second-order valence-corrected chi connectivity index (χ2v) is 6.65. The quantitative estimate of drug-likeness (QED) is 0.797. The number of anilines is 1. The highest BCUT2D eigenvalue weighted by Gasteiger charge is 2.40. The van der Waals surface area contributed by atoms with Gasteiger partial charge < -0.3 is 10.4 Å². The van der Waals surface area contributed by atoms with Crippen molar-refractivity contribution in [1.82, 2.24) is 0 Å². The fourth-order valence-electron chi connectivity index (χ4n) is 2.92. The normalized spacial score (nSPS) is 17.8. The molecule has 1 aromatic carbocycles. The van der Waals surface area contributed by atoms with E-state index in [1.807, 2.05) is 12.1 Å². The standard InChI is InChI=1S/C16H20BrNO3/c17-12-5-7-13(8-6-12)18-14(19)11-16(15(20)21)9-3-1-2-4-10-16/h5-8H,1-4,9-11H2,(H,18,19)(H,20,21). The Bertz CT molecular complexity index is 505. The number of hydrogen-bond acceptors (Lipinski definition) is 2. The number of carboxylic acids is 1. The molecule has 0 aliphatic heterocycles. The third kappa shape index (κ3) is 4.30. The summed E-state index contributed by atoms with van der Waals surface area (Å²) in [7, 11) is 0. The van der Waals surface area contributed by atoms with Crippen molar-refractivity contribution in [1.29, 1.82) is 0 Å². The van der Waals surface area contributed by atoms with Crippen LogP contribution in [0.2, 0.25) is 0 Å². The van der Waals surface area contributed by atoms with Crippen LogP contribution in [0.1, 0.15) is 44.9 Å². The van der Waals surface area contributed by atoms with Crippen LogP contribution < -0.4 is 5.32 Å². The third-order valence-electron chi connectivity index (χ3n) is 4.14. The largest absolute Gasteiger partial charge is 0.481 e. The van der Waals surface area contributed by atoms with Crippen LogP contribution in [0.15, 0.2) is 28.7 Å². The van der Waals surface area contributed by atoms with Gasteiger partial charge in [0.1, 0.15) is 0 Å². The van der Waals surface area contributed by atoms with Gasteiger partial charge in [0.25, 0.3) is 0 Å². The molecule has 1 saturated carbocycles. The topological polar surface area (TPSA) is 66.4 Å². The van der Waals surface area contributed by atoms with Crippen LogP contribution in [0.25, 0.3) is 0 Å². The Morgan fingerprint density at radius 3 is 2.19 bits per heavy atom. The summed E-state index contributed by atoms with van der Waals surface area (Å²) in [6, 6.07) is 7.27. The Morgan fingerprint density at radius 2 is 1.67 bits per heavy atom. The summed E-state index contributed by atoms with van der Waals surface area (Å²) in [5.41, 5.74) is -0.201. The van der Waals surface area contributed by atoms with Gasteiger partial charge >= 0.3 is 5.97 Å². The first-order chi connectivity index (χ1) is 10.0. The zero-order chi connectivity index (χ0) is 15.3. The van der Waals surface area contributed by atoms with E-state index in [1.165, 1.54) is 0 Å². The number of aliphatic carboxylic acids is 1. The van der Waals surface area contributed by atoms with E-state index in [0.29, 0.717) is 18.5 Å². The lowest BCUT2D eigenvalue weighted by molar-refractivity contribution is -0.152. The summed E-state index contributed by atoms with van der Waals surface area (Å²) in [5, 5.41) is 12.4. The maximum absolute atomic E-state index is 12.2. The first-order valence-corrected chi connectivity index (χ1v) is 8.10. The fourth-order valence-corrected chi connectivity index (χ4v) is 3.18. The molecule has 0 radical (unpaired) electrons. The van der Waals surface area contributed by atoms with Gasteiger partial charge in [-0.15, -0.1) is 0 Å². The molecular formula is C16H20BrNO3. The van der Waals surface area contributed by atoms with Crippen LogP contribution >= 0.6 is 15.9 Å². The molecular weight excluding hydrogens is 334 g/mol. The first kappa shape index (κ1) is 16.0. The van der Waals surface area contributed by atoms with Gasteiger partial charge in [-0.3, -0.25) is 9.59 Å². The molecule has 0 spiro atoms. The van der Waals surface area contributed by atoms with E-state index < -0.39 is 11.4 Å². The minimum Gasteiger partial charge on any atom is -0.481 e. The van der Waals surface area contributed by atoms with Crippen LogP contribution in [0.3, 0.4) is 0 Å². The fraction of sp³-hybridized carbons (Fsp3) is 0.500. The molecule has 0 unspecified atom stereocenters. The zero-order valence-electron chi connectivity index (χ0n) is 11.9. The van der Waals surface area contributed by atoms with E-state index in [0.717, 1.165) is 30.2 Å². The van der Waals surface area contributed by atoms with Gasteiger partial charge in [0.15, 0.2) is 0 Å². The van der Waals surface area contributed by atoms with Crippen molar-refractivity contribution in [2.24, 2.45) is 5.41 Å². The van der Waals surface area contributed by atoms with E-state index in [9.17, 15) is 14.7 Å². The predicted molar refractivity (Wildman–Crippen MR) is 85.2 cm³/mol. The van der Waals surface area contributed by atoms with E-state index in [-0.39, 0.29) is 12.3 Å². The Balaban J connectivity index is 2.04. The second-order valence-electron chi connectivity index (χ2n) is 5.73. The van der Waals surface area contributed by atoms with Gasteiger partial charge in [0.2, 0.25) is 5.91 Å². The number of hydrogen-bond donors (Lipinski definition) is 2. The molecule has 5 heteroatoms. The van der Waals surface area contributed by atoms with Gasteiger partial charge in [-0.05, 0) is 37.1 Å². The Labute approximate surface area is 133 Å². The number of rotatable bonds is 4. The highest BCUT2D eigenvalue weighted by atomic mass is 79.9. The molecule has 21 heavy (non-hydrogen) atoms. The summed E-state index contributed by atoms with van der Waals surface area (Å²) in [6.45, 7) is 0. The average Bonchev–Trinajstić information content (AvgIpc) is 2.68. The molecule has 0 heterocycles. The molecule has 0 aromatic heterocycles. The molecule has 0 atom stereocenters. The van der Waals surface area contributed by atoms with Crippen LogP contribution in [-0.2, 0) is 9.59 Å². The van der Waals surface area contributed by atoms with Crippen molar-refractivity contribution in [3.63, 3.8) is 0 Å². The molecule has 1 aromatic rings. The van der Waals surface area contributed by atoms with Gasteiger partial charge in [-0.1, -0.05) is 41.6 Å². The van der Waals surface area contributed by atoms with Crippen LogP contribution in [-0.4, -0.2) is 17.0 Å². The summed E-state index contributed by atoms with van der Waals surface area (Å²) < 4.78 is 0.936. The van der Waals surface area contributed by atoms with Gasteiger partial charge in [-0.2, -0.15) is 0 Å². The molecule has 114 valence electrons. The van der Waals surface area contributed by atoms with E-state index >= 15 is 0 Å². The Kier molecular flexibility index (Phi) is 5.39. The van der Waals surface area contributed by atoms with Crippen molar-refractivity contribution in [2.45, 2.75) is 44.9 Å². The first-order valence-electron chi connectivity index (χ1n) is 7.31. The van der Waals surface area contributed by atoms with E-state index in [1.54, 1.807) is 12.1 Å². The molecule has 0 bridgehead atoms. The third-order valence-corrected chi connectivity index (χ3v) is 4.67. The molecule has 2 N–H and O–H groups in total. The summed E-state index contributed by atoms with van der Waals surface area (Å²) in [6.07, 6.45) is 5.13. The maximum atomic E-state index is 12.2. The monoisotopic (exact) mass is 353 g/mol. The van der Waals surface area contributed by atoms with Gasteiger partial charge in [-0.25, -0.2) is 0 Å². The van der Waals surface area contributed by atoms with Crippen molar-refractivity contribution >= 4 is 33.5 Å². The Hall–Kier alpha value is -1.36. The van der Waals surface area contributed by atoms with Crippen LogP contribution in [0.4, 0.5) is 5.69 Å².